The van der Waals surface area contributed by atoms with E-state index in [0.29, 0.717) is 10.3 Å². The van der Waals surface area contributed by atoms with Crippen LogP contribution in [0.4, 0.5) is 10.5 Å². The molecule has 0 bridgehead atoms. The number of carbonyl (C=O) groups excluding carboxylic acids is 1. The van der Waals surface area contributed by atoms with Gasteiger partial charge >= 0.3 is 6.03 Å². The Morgan fingerprint density at radius 2 is 1.93 bits per heavy atom. The molecule has 1 aliphatic heterocycles. The van der Waals surface area contributed by atoms with Crippen LogP contribution in [0.1, 0.15) is 16.6 Å². The number of para-hydroxylation sites is 1. The zero-order valence-corrected chi connectivity index (χ0v) is 16.6. The van der Waals surface area contributed by atoms with Crippen molar-refractivity contribution in [3.63, 3.8) is 0 Å². The molecule has 1 heterocycles. The fraction of sp³-hybridized carbons (Fsp3) is 0.350. The third-order valence-electron chi connectivity index (χ3n) is 3.93. The van der Waals surface area contributed by atoms with Gasteiger partial charge in [0.25, 0.3) is 0 Å². The lowest BCUT2D eigenvalue weighted by molar-refractivity contribution is 0.108. The lowest BCUT2D eigenvalue weighted by Gasteiger charge is -2.21. The Morgan fingerprint density at radius 3 is 2.70 bits per heavy atom. The molecular weight excluding hydrogens is 380 g/mol. The van der Waals surface area contributed by atoms with Crippen molar-refractivity contribution >= 4 is 35.2 Å². The first-order valence-electron chi connectivity index (χ1n) is 8.94. The molecule has 2 aromatic rings. The van der Waals surface area contributed by atoms with Crippen LogP contribution in [0, 0.1) is 0 Å². The molecule has 7 heteroatoms. The molecule has 5 nitrogen and oxygen atoms in total. The Morgan fingerprint density at radius 1 is 1.15 bits per heavy atom. The number of hydrogen-bond donors (Lipinski definition) is 3. The zero-order chi connectivity index (χ0) is 18.9. The summed E-state index contributed by atoms with van der Waals surface area (Å²) in [6.45, 7) is 0.239. The number of aliphatic hydroxyl groups excluding tert-OH is 1. The number of nitrogens with one attached hydrogen (secondary N) is 2. The van der Waals surface area contributed by atoms with Crippen LogP contribution in [0.25, 0.3) is 0 Å². The molecule has 0 radical (unpaired) electrons. The molecule has 3 N–H and O–H groups in total. The number of amides is 2. The van der Waals surface area contributed by atoms with Crippen molar-refractivity contribution in [3.05, 3.63) is 60.2 Å². The molecule has 3 rings (SSSR count). The van der Waals surface area contributed by atoms with Crippen LogP contribution in [0.15, 0.2) is 54.6 Å². The quantitative estimate of drug-likeness (QED) is 0.648. The van der Waals surface area contributed by atoms with Crippen molar-refractivity contribution in [2.24, 2.45) is 0 Å². The molecule has 1 atom stereocenters. The largest absolute Gasteiger partial charge is 0.491 e. The van der Waals surface area contributed by atoms with Gasteiger partial charge in [0, 0.05) is 12.2 Å². The summed E-state index contributed by atoms with van der Waals surface area (Å²) in [5, 5.41) is 15.5. The molecule has 0 aromatic heterocycles. The fourth-order valence-corrected chi connectivity index (χ4v) is 5.47. The Kier molecular flexibility index (Phi) is 7.74. The average Bonchev–Trinajstić information content (AvgIpc) is 2.72. The van der Waals surface area contributed by atoms with Crippen LogP contribution in [0.3, 0.4) is 0 Å². The maximum absolute atomic E-state index is 12.1. The molecule has 0 spiro atoms. The van der Waals surface area contributed by atoms with E-state index in [9.17, 15) is 9.90 Å². The number of rotatable bonds is 7. The highest BCUT2D eigenvalue weighted by Crippen LogP contribution is 2.43. The molecule has 1 saturated heterocycles. The number of ether oxygens (including phenoxy) is 1. The van der Waals surface area contributed by atoms with Gasteiger partial charge in [-0.2, -0.15) is 0 Å². The van der Waals surface area contributed by atoms with E-state index in [4.69, 9.17) is 4.74 Å². The van der Waals surface area contributed by atoms with Crippen molar-refractivity contribution < 1.29 is 14.6 Å². The van der Waals surface area contributed by atoms with E-state index in [0.717, 1.165) is 5.69 Å². The lowest BCUT2D eigenvalue weighted by atomic mass is 10.2. The summed E-state index contributed by atoms with van der Waals surface area (Å²) in [5.41, 5.74) is 1.98. The first-order valence-corrected chi connectivity index (χ1v) is 11.0. The van der Waals surface area contributed by atoms with E-state index in [1.165, 1.54) is 23.5 Å². The molecule has 27 heavy (non-hydrogen) atoms. The lowest BCUT2D eigenvalue weighted by Crippen LogP contribution is -2.37. The van der Waals surface area contributed by atoms with Gasteiger partial charge < -0.3 is 20.5 Å². The van der Waals surface area contributed by atoms with E-state index < -0.39 is 6.10 Å². The van der Waals surface area contributed by atoms with Gasteiger partial charge in [0.2, 0.25) is 0 Å². The van der Waals surface area contributed by atoms with Gasteiger partial charge in [-0.1, -0.05) is 30.3 Å². The second-order valence-electron chi connectivity index (χ2n) is 6.17. The third kappa shape index (κ3) is 6.68. The van der Waals surface area contributed by atoms with Crippen molar-refractivity contribution in [1.82, 2.24) is 5.32 Å². The fourth-order valence-electron chi connectivity index (χ4n) is 2.60. The molecule has 144 valence electrons. The van der Waals surface area contributed by atoms with Crippen molar-refractivity contribution in [2.75, 3.05) is 30.0 Å². The van der Waals surface area contributed by atoms with Gasteiger partial charge in [-0.15, -0.1) is 23.5 Å². The maximum atomic E-state index is 12.1. The minimum absolute atomic E-state index is 0.118. The number of urea groups is 1. The Balaban J connectivity index is 1.42. The van der Waals surface area contributed by atoms with E-state index in [1.54, 1.807) is 0 Å². The highest BCUT2D eigenvalue weighted by molar-refractivity contribution is 8.16. The number of thioether (sulfide) groups is 2. The summed E-state index contributed by atoms with van der Waals surface area (Å²) >= 11 is 3.90. The normalized spacial score (nSPS) is 15.7. The molecule has 1 fully saturated rings. The van der Waals surface area contributed by atoms with Gasteiger partial charge in [-0.05, 0) is 47.8 Å². The molecule has 0 saturated carbocycles. The first kappa shape index (κ1) is 19.9. The van der Waals surface area contributed by atoms with Crippen LogP contribution < -0.4 is 15.4 Å². The second kappa shape index (κ2) is 10.5. The van der Waals surface area contributed by atoms with Gasteiger partial charge in [-0.25, -0.2) is 4.79 Å². The number of anilines is 1. The topological polar surface area (TPSA) is 70.6 Å². The van der Waals surface area contributed by atoms with Crippen molar-refractivity contribution in [3.8, 4) is 5.75 Å². The molecule has 2 amide bonds. The van der Waals surface area contributed by atoms with Crippen molar-refractivity contribution in [2.45, 2.75) is 17.1 Å². The number of hydrogen-bond acceptors (Lipinski definition) is 5. The zero-order valence-electron chi connectivity index (χ0n) is 15.0. The standard InChI is InChI=1S/C20H24N2O3S2/c23-17(14-25-18-8-2-1-3-9-18)13-21-20(24)22-16-7-4-6-15(12-16)19-26-10-5-11-27-19/h1-4,6-9,12,17,19,23H,5,10-11,13-14H2,(H2,21,22,24). The first-order chi connectivity index (χ1) is 13.2. The second-order valence-corrected chi connectivity index (χ2v) is 8.89. The Bertz CT molecular complexity index is 724. The Hall–Kier alpha value is -1.83. The Labute approximate surface area is 168 Å². The summed E-state index contributed by atoms with van der Waals surface area (Å²) in [7, 11) is 0. The molecule has 1 aliphatic rings. The van der Waals surface area contributed by atoms with Gasteiger partial charge in [0.15, 0.2) is 0 Å². The number of carbonyl (C=O) groups is 1. The predicted molar refractivity (Wildman–Crippen MR) is 114 cm³/mol. The summed E-state index contributed by atoms with van der Waals surface area (Å²) < 4.78 is 5.91. The van der Waals surface area contributed by atoms with Crippen LogP contribution in [-0.4, -0.2) is 41.9 Å². The third-order valence-corrected chi connectivity index (χ3v) is 6.94. The minimum atomic E-state index is -0.780. The van der Waals surface area contributed by atoms with Crippen LogP contribution in [0.5, 0.6) is 5.75 Å². The van der Waals surface area contributed by atoms with Gasteiger partial charge in [0.05, 0.1) is 4.58 Å². The van der Waals surface area contributed by atoms with Crippen LogP contribution in [-0.2, 0) is 0 Å². The minimum Gasteiger partial charge on any atom is -0.491 e. The summed E-state index contributed by atoms with van der Waals surface area (Å²) in [6.07, 6.45) is 0.472. The predicted octanol–water partition coefficient (Wildman–Crippen LogP) is 4.12. The average molecular weight is 405 g/mol. The number of aliphatic hydroxyl groups is 1. The highest BCUT2D eigenvalue weighted by atomic mass is 32.2. The molecule has 1 unspecified atom stereocenters. The monoisotopic (exact) mass is 404 g/mol. The van der Waals surface area contributed by atoms with E-state index in [-0.39, 0.29) is 19.2 Å². The maximum Gasteiger partial charge on any atom is 0.319 e. The van der Waals surface area contributed by atoms with Gasteiger partial charge in [0.1, 0.15) is 18.5 Å². The van der Waals surface area contributed by atoms with Crippen LogP contribution >= 0.6 is 23.5 Å². The van der Waals surface area contributed by atoms with Gasteiger partial charge in [-0.3, -0.25) is 0 Å². The highest BCUT2D eigenvalue weighted by Gasteiger charge is 2.17. The summed E-state index contributed by atoms with van der Waals surface area (Å²) in [6, 6.07) is 16.9. The molecule has 0 aliphatic carbocycles. The number of benzene rings is 2. The molecule has 2 aromatic carbocycles. The van der Waals surface area contributed by atoms with Crippen LogP contribution in [0.2, 0.25) is 0 Å². The molecular formula is C20H24N2O3S2. The van der Waals surface area contributed by atoms with E-state index in [1.807, 2.05) is 72.1 Å². The van der Waals surface area contributed by atoms with Crippen molar-refractivity contribution in [1.29, 1.82) is 0 Å². The smallest absolute Gasteiger partial charge is 0.319 e. The summed E-state index contributed by atoms with van der Waals surface area (Å²) in [5.74, 6) is 3.05. The SMILES string of the molecule is O=C(NCC(O)COc1ccccc1)Nc1cccc(C2SCCCS2)c1. The van der Waals surface area contributed by atoms with E-state index in [2.05, 4.69) is 16.7 Å². The van der Waals surface area contributed by atoms with E-state index >= 15 is 0 Å². The summed E-state index contributed by atoms with van der Waals surface area (Å²) in [4.78, 5) is 12.1.